The van der Waals surface area contributed by atoms with Gasteiger partial charge in [0.05, 0.1) is 12.5 Å². The molecule has 0 radical (unpaired) electrons. The van der Waals surface area contributed by atoms with Crippen LogP contribution >= 0.6 is 0 Å². The van der Waals surface area contributed by atoms with Crippen LogP contribution in [-0.4, -0.2) is 21.1 Å². The molecule has 0 aliphatic rings. The summed E-state index contributed by atoms with van der Waals surface area (Å²) in [6.07, 6.45) is 3.78. The summed E-state index contributed by atoms with van der Waals surface area (Å²) in [7, 11) is 0. The summed E-state index contributed by atoms with van der Waals surface area (Å²) in [5.41, 5.74) is 0.770. The van der Waals surface area contributed by atoms with Crippen LogP contribution in [0.2, 0.25) is 0 Å². The van der Waals surface area contributed by atoms with Gasteiger partial charge in [0.2, 0.25) is 0 Å². The molecule has 0 saturated carbocycles. The van der Waals surface area contributed by atoms with Gasteiger partial charge in [-0.25, -0.2) is 9.37 Å². The number of aromatic nitrogens is 3. The topological polar surface area (TPSA) is 47.8 Å². The number of hydrogen-bond donors (Lipinski definition) is 0. The minimum Gasteiger partial charge on any atom is -0.303 e. The third-order valence-corrected chi connectivity index (χ3v) is 2.31. The molecule has 2 aromatic rings. The molecule has 82 valence electrons. The van der Waals surface area contributed by atoms with Crippen molar-refractivity contribution in [3.05, 3.63) is 48.3 Å². The first kappa shape index (κ1) is 10.5. The van der Waals surface area contributed by atoms with E-state index in [0.29, 0.717) is 6.54 Å². The first-order chi connectivity index (χ1) is 7.79. The van der Waals surface area contributed by atoms with Gasteiger partial charge in [-0.15, -0.1) is 0 Å². The normalized spacial score (nSPS) is 12.3. The van der Waals surface area contributed by atoms with Crippen LogP contribution in [0, 0.1) is 5.82 Å². The van der Waals surface area contributed by atoms with Gasteiger partial charge in [-0.05, 0) is 17.7 Å². The Labute approximate surface area is 91.7 Å². The predicted molar refractivity (Wildman–Crippen MR) is 55.2 cm³/mol. The van der Waals surface area contributed by atoms with Crippen LogP contribution in [-0.2, 0) is 11.3 Å². The monoisotopic (exact) mass is 219 g/mol. The Morgan fingerprint density at radius 3 is 2.69 bits per heavy atom. The zero-order chi connectivity index (χ0) is 11.4. The van der Waals surface area contributed by atoms with E-state index >= 15 is 0 Å². The van der Waals surface area contributed by atoms with Crippen molar-refractivity contribution in [1.29, 1.82) is 0 Å². The fourth-order valence-electron chi connectivity index (χ4n) is 1.47. The largest absolute Gasteiger partial charge is 0.303 e. The second-order valence-corrected chi connectivity index (χ2v) is 3.41. The number of halogens is 1. The molecule has 0 fully saturated rings. The van der Waals surface area contributed by atoms with Gasteiger partial charge in [0.25, 0.3) is 0 Å². The molecule has 1 heterocycles. The Bertz CT molecular complexity index is 453. The van der Waals surface area contributed by atoms with E-state index < -0.39 is 0 Å². The first-order valence-electron chi connectivity index (χ1n) is 4.83. The average Bonchev–Trinajstić information content (AvgIpc) is 2.80. The summed E-state index contributed by atoms with van der Waals surface area (Å²) in [4.78, 5) is 14.8. The lowest BCUT2D eigenvalue weighted by molar-refractivity contribution is -0.109. The number of benzene rings is 1. The van der Waals surface area contributed by atoms with Crippen molar-refractivity contribution in [3.63, 3.8) is 0 Å². The number of rotatable bonds is 4. The molecule has 16 heavy (non-hydrogen) atoms. The van der Waals surface area contributed by atoms with E-state index in [1.165, 1.54) is 18.5 Å². The van der Waals surface area contributed by atoms with Gasteiger partial charge in [-0.3, -0.25) is 4.68 Å². The number of aldehydes is 1. The first-order valence-corrected chi connectivity index (χ1v) is 4.83. The molecule has 0 spiro atoms. The zero-order valence-electron chi connectivity index (χ0n) is 8.45. The van der Waals surface area contributed by atoms with Crippen LogP contribution in [0.15, 0.2) is 36.9 Å². The van der Waals surface area contributed by atoms with Crippen molar-refractivity contribution in [2.45, 2.75) is 12.5 Å². The molecule has 0 amide bonds. The van der Waals surface area contributed by atoms with Gasteiger partial charge in [-0.2, -0.15) is 5.10 Å². The highest BCUT2D eigenvalue weighted by molar-refractivity contribution is 5.61. The fourth-order valence-corrected chi connectivity index (χ4v) is 1.47. The Morgan fingerprint density at radius 1 is 1.38 bits per heavy atom. The predicted octanol–water partition coefficient (Wildman–Crippen LogP) is 1.40. The van der Waals surface area contributed by atoms with Crippen molar-refractivity contribution in [1.82, 2.24) is 14.8 Å². The van der Waals surface area contributed by atoms with Gasteiger partial charge in [0.1, 0.15) is 24.8 Å². The van der Waals surface area contributed by atoms with E-state index in [1.54, 1.807) is 23.1 Å². The molecule has 0 aliphatic carbocycles. The SMILES string of the molecule is O=CC(Cn1cncn1)c1ccc(F)cc1. The van der Waals surface area contributed by atoms with Crippen LogP contribution in [0.1, 0.15) is 11.5 Å². The van der Waals surface area contributed by atoms with Gasteiger partial charge < -0.3 is 4.79 Å². The Hall–Kier alpha value is -2.04. The number of carbonyl (C=O) groups excluding carboxylic acids is 1. The summed E-state index contributed by atoms with van der Waals surface area (Å²) >= 11 is 0. The van der Waals surface area contributed by atoms with Crippen LogP contribution in [0.3, 0.4) is 0 Å². The van der Waals surface area contributed by atoms with Gasteiger partial charge in [-0.1, -0.05) is 12.1 Å². The quantitative estimate of drug-likeness (QED) is 0.730. The smallest absolute Gasteiger partial charge is 0.137 e. The van der Waals surface area contributed by atoms with E-state index in [2.05, 4.69) is 10.1 Å². The maximum absolute atomic E-state index is 12.7. The second-order valence-electron chi connectivity index (χ2n) is 3.41. The molecule has 0 bridgehead atoms. The van der Waals surface area contributed by atoms with E-state index in [0.717, 1.165) is 11.8 Å². The molecule has 5 heteroatoms. The Morgan fingerprint density at radius 2 is 2.12 bits per heavy atom. The van der Waals surface area contributed by atoms with Crippen molar-refractivity contribution < 1.29 is 9.18 Å². The lowest BCUT2D eigenvalue weighted by Gasteiger charge is -2.09. The van der Waals surface area contributed by atoms with Crippen LogP contribution in [0.25, 0.3) is 0 Å². The highest BCUT2D eigenvalue weighted by atomic mass is 19.1. The van der Waals surface area contributed by atoms with E-state index in [4.69, 9.17) is 0 Å². The molecule has 0 aliphatic heterocycles. The van der Waals surface area contributed by atoms with Crippen LogP contribution in [0.5, 0.6) is 0 Å². The second kappa shape index (κ2) is 4.65. The molecule has 2 rings (SSSR count). The van der Waals surface area contributed by atoms with Crippen molar-refractivity contribution in [2.75, 3.05) is 0 Å². The van der Waals surface area contributed by atoms with E-state index in [-0.39, 0.29) is 11.7 Å². The third kappa shape index (κ3) is 2.31. The molecular weight excluding hydrogens is 209 g/mol. The summed E-state index contributed by atoms with van der Waals surface area (Å²) < 4.78 is 14.3. The molecule has 1 unspecified atom stereocenters. The lowest BCUT2D eigenvalue weighted by atomic mass is 10.0. The van der Waals surface area contributed by atoms with Crippen molar-refractivity contribution >= 4 is 6.29 Å². The average molecular weight is 219 g/mol. The standard InChI is InChI=1S/C11H10FN3O/c12-11-3-1-9(2-4-11)10(6-16)5-15-8-13-7-14-15/h1-4,6-8,10H,5H2. The maximum Gasteiger partial charge on any atom is 0.137 e. The zero-order valence-corrected chi connectivity index (χ0v) is 8.45. The maximum atomic E-state index is 12.7. The van der Waals surface area contributed by atoms with Crippen molar-refractivity contribution in [3.8, 4) is 0 Å². The Balaban J connectivity index is 2.16. The van der Waals surface area contributed by atoms with E-state index in [1.807, 2.05) is 0 Å². The lowest BCUT2D eigenvalue weighted by Crippen LogP contribution is -2.11. The third-order valence-electron chi connectivity index (χ3n) is 2.31. The summed E-state index contributed by atoms with van der Waals surface area (Å²) in [6.45, 7) is 0.412. The minimum absolute atomic E-state index is 0.311. The van der Waals surface area contributed by atoms with Crippen LogP contribution in [0.4, 0.5) is 4.39 Å². The van der Waals surface area contributed by atoms with Gasteiger partial charge >= 0.3 is 0 Å². The van der Waals surface area contributed by atoms with E-state index in [9.17, 15) is 9.18 Å². The highest BCUT2D eigenvalue weighted by Gasteiger charge is 2.11. The van der Waals surface area contributed by atoms with Crippen LogP contribution < -0.4 is 0 Å². The summed E-state index contributed by atoms with van der Waals surface area (Å²) in [5, 5.41) is 3.92. The van der Waals surface area contributed by atoms with Crippen molar-refractivity contribution in [2.24, 2.45) is 0 Å². The molecule has 4 nitrogen and oxygen atoms in total. The minimum atomic E-state index is -0.331. The van der Waals surface area contributed by atoms with Gasteiger partial charge in [0.15, 0.2) is 0 Å². The molecule has 0 N–H and O–H groups in total. The molecule has 0 saturated heterocycles. The molecule has 1 aromatic heterocycles. The Kier molecular flexibility index (Phi) is 3.05. The highest BCUT2D eigenvalue weighted by Crippen LogP contribution is 2.15. The number of carbonyl (C=O) groups is 1. The number of hydrogen-bond acceptors (Lipinski definition) is 3. The summed E-state index contributed by atoms with van der Waals surface area (Å²) in [5.74, 6) is -0.642. The molecule has 1 atom stereocenters. The molecular formula is C11H10FN3O. The summed E-state index contributed by atoms with van der Waals surface area (Å²) in [6, 6.07) is 5.89. The number of nitrogens with zero attached hydrogens (tertiary/aromatic N) is 3. The fraction of sp³-hybridized carbons (Fsp3) is 0.182. The van der Waals surface area contributed by atoms with Gasteiger partial charge in [0, 0.05) is 0 Å². The molecule has 1 aromatic carbocycles.